The third kappa shape index (κ3) is 4.53. The van der Waals surface area contributed by atoms with Crippen LogP contribution in [0, 0.1) is 12.8 Å². The summed E-state index contributed by atoms with van der Waals surface area (Å²) in [5.74, 6) is 0.388. The van der Waals surface area contributed by atoms with Crippen LogP contribution >= 0.6 is 0 Å². The van der Waals surface area contributed by atoms with Gasteiger partial charge in [-0.15, -0.1) is 0 Å². The van der Waals surface area contributed by atoms with E-state index in [0.717, 1.165) is 24.0 Å². The monoisotopic (exact) mass is 340 g/mol. The first-order valence-corrected chi connectivity index (χ1v) is 9.74. The Labute approximate surface area is 140 Å². The SMILES string of the molecule is CCN(CC(O)c1ccc(C)cc1)S(=O)(=O)N1CCCC(C)C1. The fraction of sp³-hybridized carbons (Fsp3) is 0.647. The molecule has 0 aromatic heterocycles. The number of hydrogen-bond donors (Lipinski definition) is 1. The van der Waals surface area contributed by atoms with Crippen LogP contribution in [0.15, 0.2) is 24.3 Å². The van der Waals surface area contributed by atoms with E-state index < -0.39 is 16.3 Å². The minimum atomic E-state index is -3.51. The molecule has 0 radical (unpaired) electrons. The molecule has 1 aromatic carbocycles. The largest absolute Gasteiger partial charge is 0.387 e. The summed E-state index contributed by atoms with van der Waals surface area (Å²) in [7, 11) is -3.51. The van der Waals surface area contributed by atoms with Gasteiger partial charge in [-0.3, -0.25) is 0 Å². The zero-order chi connectivity index (χ0) is 17.0. The van der Waals surface area contributed by atoms with E-state index in [9.17, 15) is 13.5 Å². The quantitative estimate of drug-likeness (QED) is 0.864. The molecule has 0 saturated carbocycles. The lowest BCUT2D eigenvalue weighted by atomic mass is 10.0. The average molecular weight is 340 g/mol. The van der Waals surface area contributed by atoms with Gasteiger partial charge in [0.2, 0.25) is 0 Å². The highest BCUT2D eigenvalue weighted by Gasteiger charge is 2.32. The Hall–Kier alpha value is -0.950. The van der Waals surface area contributed by atoms with Gasteiger partial charge < -0.3 is 5.11 Å². The Morgan fingerprint density at radius 3 is 2.57 bits per heavy atom. The maximum atomic E-state index is 12.8. The molecular weight excluding hydrogens is 312 g/mol. The fourth-order valence-corrected chi connectivity index (χ4v) is 4.78. The zero-order valence-electron chi connectivity index (χ0n) is 14.3. The van der Waals surface area contributed by atoms with Crippen LogP contribution in [0.1, 0.15) is 43.9 Å². The molecule has 1 aromatic rings. The second-order valence-electron chi connectivity index (χ2n) is 6.49. The summed E-state index contributed by atoms with van der Waals surface area (Å²) in [6.45, 7) is 7.47. The van der Waals surface area contributed by atoms with Crippen molar-refractivity contribution in [2.24, 2.45) is 5.92 Å². The van der Waals surface area contributed by atoms with Crippen molar-refractivity contribution in [3.63, 3.8) is 0 Å². The van der Waals surface area contributed by atoms with Crippen molar-refractivity contribution in [2.45, 2.75) is 39.7 Å². The lowest BCUT2D eigenvalue weighted by Crippen LogP contribution is -2.48. The Balaban J connectivity index is 2.10. The maximum Gasteiger partial charge on any atom is 0.282 e. The molecule has 2 unspecified atom stereocenters. The molecule has 1 aliphatic rings. The number of hydrogen-bond acceptors (Lipinski definition) is 3. The lowest BCUT2D eigenvalue weighted by Gasteiger charge is -2.34. The number of likely N-dealkylation sites (N-methyl/N-ethyl adjacent to an activating group) is 1. The second kappa shape index (κ2) is 7.75. The van der Waals surface area contributed by atoms with E-state index in [2.05, 4.69) is 6.92 Å². The Morgan fingerprint density at radius 2 is 2.00 bits per heavy atom. The molecule has 23 heavy (non-hydrogen) atoms. The van der Waals surface area contributed by atoms with E-state index in [-0.39, 0.29) is 6.54 Å². The lowest BCUT2D eigenvalue weighted by molar-refractivity contribution is 0.144. The first kappa shape index (κ1) is 18.4. The van der Waals surface area contributed by atoms with E-state index in [1.165, 1.54) is 4.31 Å². The molecule has 0 spiro atoms. The van der Waals surface area contributed by atoms with Crippen molar-refractivity contribution < 1.29 is 13.5 Å². The third-order valence-electron chi connectivity index (χ3n) is 4.46. The molecule has 1 heterocycles. The highest BCUT2D eigenvalue weighted by Crippen LogP contribution is 2.23. The van der Waals surface area contributed by atoms with Gasteiger partial charge in [0.1, 0.15) is 0 Å². The van der Waals surface area contributed by atoms with Crippen molar-refractivity contribution in [1.29, 1.82) is 0 Å². The Morgan fingerprint density at radius 1 is 1.35 bits per heavy atom. The van der Waals surface area contributed by atoms with Crippen molar-refractivity contribution in [3.8, 4) is 0 Å². The fourth-order valence-electron chi connectivity index (χ4n) is 2.99. The summed E-state index contributed by atoms with van der Waals surface area (Å²) in [4.78, 5) is 0. The number of rotatable bonds is 6. The molecule has 1 aliphatic heterocycles. The highest BCUT2D eigenvalue weighted by atomic mass is 32.2. The van der Waals surface area contributed by atoms with Gasteiger partial charge >= 0.3 is 0 Å². The van der Waals surface area contributed by atoms with Gasteiger partial charge in [-0.05, 0) is 31.2 Å². The summed E-state index contributed by atoms with van der Waals surface area (Å²) < 4.78 is 28.6. The Bertz CT molecular complexity index is 601. The second-order valence-corrected chi connectivity index (χ2v) is 8.42. The molecule has 1 N–H and O–H groups in total. The van der Waals surface area contributed by atoms with Crippen molar-refractivity contribution >= 4 is 10.2 Å². The van der Waals surface area contributed by atoms with Gasteiger partial charge in [-0.2, -0.15) is 17.0 Å². The van der Waals surface area contributed by atoms with E-state index in [0.29, 0.717) is 25.6 Å². The third-order valence-corrected chi connectivity index (χ3v) is 6.51. The minimum Gasteiger partial charge on any atom is -0.387 e. The summed E-state index contributed by atoms with van der Waals surface area (Å²) in [6.07, 6.45) is 1.16. The molecule has 5 nitrogen and oxygen atoms in total. The molecule has 1 fully saturated rings. The van der Waals surface area contributed by atoms with Crippen molar-refractivity contribution in [3.05, 3.63) is 35.4 Å². The number of piperidine rings is 1. The van der Waals surface area contributed by atoms with Gasteiger partial charge in [0.25, 0.3) is 10.2 Å². The van der Waals surface area contributed by atoms with Crippen LogP contribution in [0.3, 0.4) is 0 Å². The number of benzene rings is 1. The molecule has 2 rings (SSSR count). The number of aryl methyl sites for hydroxylation is 1. The van der Waals surface area contributed by atoms with Crippen molar-refractivity contribution in [2.75, 3.05) is 26.2 Å². The number of aliphatic hydroxyl groups excluding tert-OH is 1. The molecule has 6 heteroatoms. The minimum absolute atomic E-state index is 0.0901. The molecule has 130 valence electrons. The van der Waals surface area contributed by atoms with Crippen LogP contribution in [-0.4, -0.2) is 48.3 Å². The van der Waals surface area contributed by atoms with E-state index in [4.69, 9.17) is 0 Å². The van der Waals surface area contributed by atoms with Gasteiger partial charge in [0.05, 0.1) is 6.10 Å². The summed E-state index contributed by atoms with van der Waals surface area (Å²) >= 11 is 0. The summed E-state index contributed by atoms with van der Waals surface area (Å²) in [5, 5.41) is 10.4. The predicted molar refractivity (Wildman–Crippen MR) is 92.3 cm³/mol. The van der Waals surface area contributed by atoms with E-state index in [1.54, 1.807) is 4.31 Å². The van der Waals surface area contributed by atoms with E-state index in [1.807, 2.05) is 38.1 Å². The maximum absolute atomic E-state index is 12.8. The first-order valence-electron chi connectivity index (χ1n) is 8.34. The molecule has 1 saturated heterocycles. The van der Waals surface area contributed by atoms with Gasteiger partial charge in [0.15, 0.2) is 0 Å². The van der Waals surface area contributed by atoms with Crippen LogP contribution < -0.4 is 0 Å². The normalized spacial score (nSPS) is 21.5. The van der Waals surface area contributed by atoms with Crippen LogP contribution in [0.5, 0.6) is 0 Å². The Kier molecular flexibility index (Phi) is 6.19. The van der Waals surface area contributed by atoms with Gasteiger partial charge in [0, 0.05) is 26.2 Å². The zero-order valence-corrected chi connectivity index (χ0v) is 15.1. The number of aliphatic hydroxyl groups is 1. The summed E-state index contributed by atoms with van der Waals surface area (Å²) in [5.41, 5.74) is 1.86. The van der Waals surface area contributed by atoms with Gasteiger partial charge in [-0.1, -0.05) is 43.7 Å². The number of nitrogens with zero attached hydrogens (tertiary/aromatic N) is 2. The topological polar surface area (TPSA) is 60.9 Å². The molecular formula is C17H28N2O3S. The average Bonchev–Trinajstić information content (AvgIpc) is 2.52. The van der Waals surface area contributed by atoms with Gasteiger partial charge in [-0.25, -0.2) is 0 Å². The highest BCUT2D eigenvalue weighted by molar-refractivity contribution is 7.86. The van der Waals surface area contributed by atoms with Crippen LogP contribution in [0.4, 0.5) is 0 Å². The predicted octanol–water partition coefficient (Wildman–Crippen LogP) is 2.33. The molecule has 0 aliphatic carbocycles. The first-order chi connectivity index (χ1) is 10.8. The van der Waals surface area contributed by atoms with E-state index >= 15 is 0 Å². The smallest absolute Gasteiger partial charge is 0.282 e. The van der Waals surface area contributed by atoms with Crippen LogP contribution in [0.2, 0.25) is 0 Å². The van der Waals surface area contributed by atoms with Crippen LogP contribution in [0.25, 0.3) is 0 Å². The van der Waals surface area contributed by atoms with Crippen molar-refractivity contribution in [1.82, 2.24) is 8.61 Å². The molecule has 0 amide bonds. The standard InChI is InChI=1S/C17H28N2O3S/c1-4-18(13-17(20)16-9-7-14(2)8-10-16)23(21,22)19-11-5-6-15(3)12-19/h7-10,15,17,20H,4-6,11-13H2,1-3H3. The van der Waals surface area contributed by atoms with Crippen LogP contribution in [-0.2, 0) is 10.2 Å². The molecule has 0 bridgehead atoms. The molecule has 2 atom stereocenters. The summed E-state index contributed by atoms with van der Waals surface area (Å²) in [6, 6.07) is 7.55.